The number of carbonyl (C=O) groups is 2. The van der Waals surface area contributed by atoms with Crippen LogP contribution in [0.2, 0.25) is 5.02 Å². The average molecular weight is 618 g/mol. The monoisotopic (exact) mass is 617 g/mol. The Hall–Kier alpha value is -2.96. The number of piperidine rings is 2. The summed E-state index contributed by atoms with van der Waals surface area (Å²) in [5, 5.41) is 11.1. The zero-order chi connectivity index (χ0) is 30.9. The minimum absolute atomic E-state index is 0.102. The second kappa shape index (κ2) is 12.3. The van der Waals surface area contributed by atoms with Gasteiger partial charge >= 0.3 is 12.1 Å². The number of hydrogen-bond acceptors (Lipinski definition) is 5. The van der Waals surface area contributed by atoms with E-state index >= 15 is 0 Å². The molecule has 2 aromatic carbocycles. The molecule has 2 amide bonds. The van der Waals surface area contributed by atoms with Crippen LogP contribution in [0.25, 0.3) is 0 Å². The maximum absolute atomic E-state index is 14.6. The number of amides is 2. The van der Waals surface area contributed by atoms with Crippen LogP contribution in [0.4, 0.5) is 27.6 Å². The van der Waals surface area contributed by atoms with Crippen LogP contribution in [0.1, 0.15) is 41.6 Å². The fourth-order valence-electron chi connectivity index (χ4n) is 5.38. The molecular weight excluding hydrogens is 585 g/mol. The summed E-state index contributed by atoms with van der Waals surface area (Å²) < 4.78 is 75.6. The maximum Gasteiger partial charge on any atom is 0.457 e. The molecule has 0 aliphatic carbocycles. The van der Waals surface area contributed by atoms with Gasteiger partial charge in [-0.2, -0.15) is 22.0 Å². The van der Waals surface area contributed by atoms with E-state index in [9.17, 15) is 36.6 Å². The summed E-state index contributed by atoms with van der Waals surface area (Å²) in [7, 11) is 3.30. The van der Waals surface area contributed by atoms with Crippen molar-refractivity contribution in [3.05, 3.63) is 64.7 Å². The topological polar surface area (TPSA) is 73.3 Å². The molecule has 2 aliphatic rings. The molecule has 0 spiro atoms. The molecule has 13 heteroatoms. The summed E-state index contributed by atoms with van der Waals surface area (Å²) in [6, 6.07) is 10.8. The lowest BCUT2D eigenvalue weighted by molar-refractivity contribution is -0.339. The molecule has 0 radical (unpaired) electrons. The van der Waals surface area contributed by atoms with Gasteiger partial charge < -0.3 is 24.5 Å². The first-order valence-corrected chi connectivity index (χ1v) is 14.0. The van der Waals surface area contributed by atoms with Crippen LogP contribution >= 0.6 is 11.6 Å². The molecule has 2 saturated heterocycles. The predicted octanol–water partition coefficient (Wildman–Crippen LogP) is 5.10. The second-order valence-corrected chi connectivity index (χ2v) is 11.2. The van der Waals surface area contributed by atoms with Gasteiger partial charge in [0.1, 0.15) is 0 Å². The minimum Gasteiger partial charge on any atom is -0.375 e. The molecule has 1 atom stereocenters. The van der Waals surface area contributed by atoms with Gasteiger partial charge in [0.2, 0.25) is 5.60 Å². The normalized spacial score (nSPS) is 19.0. The number of anilines is 1. The Morgan fingerprint density at radius 1 is 0.905 bits per heavy atom. The fraction of sp³-hybridized carbons (Fsp3) is 0.517. The molecule has 1 N–H and O–H groups in total. The highest BCUT2D eigenvalue weighted by Crippen LogP contribution is 2.49. The highest BCUT2D eigenvalue weighted by atomic mass is 35.5. The number of halogens is 6. The molecule has 0 unspecified atom stereocenters. The van der Waals surface area contributed by atoms with Crippen LogP contribution in [0.5, 0.6) is 0 Å². The first-order valence-electron chi connectivity index (χ1n) is 13.6. The van der Waals surface area contributed by atoms with Crippen molar-refractivity contribution in [2.75, 3.05) is 45.2 Å². The number of nitrogens with zero attached hydrogens (tertiary/aromatic N) is 3. The van der Waals surface area contributed by atoms with Crippen LogP contribution in [0, 0.1) is 0 Å². The average Bonchev–Trinajstić information content (AvgIpc) is 2.96. The number of alkyl halides is 5. The summed E-state index contributed by atoms with van der Waals surface area (Å²) >= 11 is 6.35. The Labute approximate surface area is 245 Å². The van der Waals surface area contributed by atoms with Crippen LogP contribution in [-0.2, 0) is 15.1 Å². The molecule has 2 aromatic rings. The van der Waals surface area contributed by atoms with E-state index in [1.54, 1.807) is 26.2 Å². The molecular formula is C29H33ClF5N3O4. The molecule has 2 aliphatic heterocycles. The van der Waals surface area contributed by atoms with Crippen molar-refractivity contribution in [2.24, 2.45) is 0 Å². The third-order valence-corrected chi connectivity index (χ3v) is 8.13. The summed E-state index contributed by atoms with van der Waals surface area (Å²) in [6.45, 7) is 1.05. The Morgan fingerprint density at radius 3 is 1.95 bits per heavy atom. The van der Waals surface area contributed by atoms with Gasteiger partial charge in [0.15, 0.2) is 0 Å². The standard InChI is InChI=1S/C29H33ClF5N3O4/c1-36(2)25(39)23-9-8-20(18-24(23)30)37-14-10-21(11-15-37)42-22-12-16-38(17-13-22)26(40)27(41,19-6-4-3-5-7-19)28(31,32)29(33,34)35/h3-9,18,21-22,41H,10-17H2,1-2H3/t27-/m1/s1. The highest BCUT2D eigenvalue weighted by molar-refractivity contribution is 6.34. The Kier molecular flexibility index (Phi) is 9.39. The van der Waals surface area contributed by atoms with E-state index in [0.29, 0.717) is 36.5 Å². The van der Waals surface area contributed by atoms with E-state index in [4.69, 9.17) is 16.3 Å². The van der Waals surface area contributed by atoms with Gasteiger partial charge in [0.05, 0.1) is 22.8 Å². The Morgan fingerprint density at radius 2 is 1.45 bits per heavy atom. The van der Waals surface area contributed by atoms with E-state index in [1.807, 2.05) is 6.07 Å². The molecule has 4 rings (SSSR count). The van der Waals surface area contributed by atoms with Gasteiger partial charge in [-0.1, -0.05) is 41.9 Å². The third-order valence-electron chi connectivity index (χ3n) is 7.82. The number of benzene rings is 2. The maximum atomic E-state index is 14.6. The van der Waals surface area contributed by atoms with Crippen LogP contribution in [-0.4, -0.2) is 91.3 Å². The van der Waals surface area contributed by atoms with Gasteiger partial charge in [-0.3, -0.25) is 9.59 Å². The van der Waals surface area contributed by atoms with Gasteiger partial charge in [-0.05, 0) is 49.4 Å². The smallest absolute Gasteiger partial charge is 0.375 e. The number of aliphatic hydroxyl groups is 1. The van der Waals surface area contributed by atoms with Crippen molar-refractivity contribution >= 4 is 29.1 Å². The fourth-order valence-corrected chi connectivity index (χ4v) is 5.64. The Bertz CT molecular complexity index is 1260. The number of hydrogen-bond donors (Lipinski definition) is 1. The highest BCUT2D eigenvalue weighted by Gasteiger charge is 2.74. The number of carbonyl (C=O) groups excluding carboxylic acids is 2. The van der Waals surface area contributed by atoms with E-state index in [1.165, 1.54) is 23.1 Å². The molecule has 2 fully saturated rings. The van der Waals surface area contributed by atoms with Crippen LogP contribution < -0.4 is 4.90 Å². The molecule has 7 nitrogen and oxygen atoms in total. The number of ether oxygens (including phenoxy) is 1. The van der Waals surface area contributed by atoms with Crippen molar-refractivity contribution in [3.63, 3.8) is 0 Å². The molecule has 230 valence electrons. The minimum atomic E-state index is -6.15. The predicted molar refractivity (Wildman–Crippen MR) is 147 cm³/mol. The first-order chi connectivity index (χ1) is 19.7. The number of rotatable bonds is 7. The van der Waals surface area contributed by atoms with Crippen LogP contribution in [0.3, 0.4) is 0 Å². The van der Waals surface area contributed by atoms with E-state index < -0.39 is 29.2 Å². The molecule has 0 bridgehead atoms. The quantitative estimate of drug-likeness (QED) is 0.438. The summed E-state index contributed by atoms with van der Waals surface area (Å²) in [5.74, 6) is -7.60. The number of likely N-dealkylation sites (tertiary alicyclic amines) is 1. The van der Waals surface area contributed by atoms with Crippen molar-refractivity contribution < 1.29 is 41.4 Å². The van der Waals surface area contributed by atoms with Gasteiger partial charge in [0, 0.05) is 46.0 Å². The van der Waals surface area contributed by atoms with E-state index in [2.05, 4.69) is 4.90 Å². The zero-order valence-electron chi connectivity index (χ0n) is 23.2. The molecule has 2 heterocycles. The first kappa shape index (κ1) is 32.0. The van der Waals surface area contributed by atoms with Crippen molar-refractivity contribution in [1.82, 2.24) is 9.80 Å². The van der Waals surface area contributed by atoms with Gasteiger partial charge in [0.25, 0.3) is 11.8 Å². The van der Waals surface area contributed by atoms with Crippen molar-refractivity contribution in [1.29, 1.82) is 0 Å². The molecule has 42 heavy (non-hydrogen) atoms. The summed E-state index contributed by atoms with van der Waals surface area (Å²) in [6.07, 6.45) is -4.75. The lowest BCUT2D eigenvalue weighted by Gasteiger charge is -2.42. The second-order valence-electron chi connectivity index (χ2n) is 10.8. The summed E-state index contributed by atoms with van der Waals surface area (Å²) in [5.41, 5.74) is -3.64. The molecule has 0 saturated carbocycles. The van der Waals surface area contributed by atoms with E-state index in [0.717, 1.165) is 22.7 Å². The lowest BCUT2D eigenvalue weighted by atomic mass is 9.84. The summed E-state index contributed by atoms with van der Waals surface area (Å²) in [4.78, 5) is 29.8. The van der Waals surface area contributed by atoms with Crippen molar-refractivity contribution in [3.8, 4) is 0 Å². The largest absolute Gasteiger partial charge is 0.457 e. The van der Waals surface area contributed by atoms with Gasteiger partial charge in [-0.25, -0.2) is 0 Å². The zero-order valence-corrected chi connectivity index (χ0v) is 24.0. The third kappa shape index (κ3) is 6.21. The van der Waals surface area contributed by atoms with Gasteiger partial charge in [-0.15, -0.1) is 0 Å². The van der Waals surface area contributed by atoms with Crippen molar-refractivity contribution in [2.45, 2.75) is 55.6 Å². The van der Waals surface area contributed by atoms with Crippen LogP contribution in [0.15, 0.2) is 48.5 Å². The molecule has 0 aromatic heterocycles. The van der Waals surface area contributed by atoms with E-state index in [-0.39, 0.29) is 44.0 Å². The lowest BCUT2D eigenvalue weighted by Crippen LogP contribution is -2.63. The Balaban J connectivity index is 1.34. The SMILES string of the molecule is CN(C)C(=O)c1ccc(N2CCC(OC3CCN(C(=O)[C@](O)(c4ccccc4)C(F)(F)C(F)(F)F)CC3)CC2)cc1Cl.